The molecular formula is C22H29ClN2O3S. The van der Waals surface area contributed by atoms with Crippen molar-refractivity contribution in [2.24, 2.45) is 0 Å². The van der Waals surface area contributed by atoms with Gasteiger partial charge in [0.05, 0.1) is 18.0 Å². The van der Waals surface area contributed by atoms with Crippen LogP contribution in [0.4, 0.5) is 5.69 Å². The van der Waals surface area contributed by atoms with Gasteiger partial charge in [-0.1, -0.05) is 48.4 Å². The zero-order chi connectivity index (χ0) is 21.9. The van der Waals surface area contributed by atoms with Crippen LogP contribution in [0.2, 0.25) is 5.02 Å². The Kier molecular flexibility index (Phi) is 7.35. The van der Waals surface area contributed by atoms with Gasteiger partial charge in [0.25, 0.3) is 0 Å². The first-order valence-corrected chi connectivity index (χ1v) is 11.8. The van der Waals surface area contributed by atoms with Gasteiger partial charge in [-0.05, 0) is 62.9 Å². The van der Waals surface area contributed by atoms with E-state index in [0.29, 0.717) is 17.1 Å². The number of hydrogen-bond acceptors (Lipinski definition) is 3. The molecule has 2 rings (SSSR count). The van der Waals surface area contributed by atoms with Crippen LogP contribution in [0.15, 0.2) is 36.4 Å². The van der Waals surface area contributed by atoms with Crippen molar-refractivity contribution in [2.45, 2.75) is 53.1 Å². The van der Waals surface area contributed by atoms with Crippen molar-refractivity contribution in [3.8, 4) is 0 Å². The second kappa shape index (κ2) is 9.18. The second-order valence-electron chi connectivity index (χ2n) is 7.50. The third-order valence-electron chi connectivity index (χ3n) is 5.00. The lowest BCUT2D eigenvalue weighted by Gasteiger charge is -2.32. The van der Waals surface area contributed by atoms with Crippen molar-refractivity contribution in [2.75, 3.05) is 10.6 Å². The van der Waals surface area contributed by atoms with Crippen molar-refractivity contribution in [3.05, 3.63) is 63.7 Å². The minimum atomic E-state index is -3.72. The van der Waals surface area contributed by atoms with E-state index in [1.807, 2.05) is 39.0 Å². The molecule has 0 aliphatic heterocycles. The van der Waals surface area contributed by atoms with Gasteiger partial charge in [0.15, 0.2) is 0 Å². The lowest BCUT2D eigenvalue weighted by atomic mass is 9.99. The summed E-state index contributed by atoms with van der Waals surface area (Å²) < 4.78 is 26.5. The standard InChI is InChI=1S/C22H29ClN2O3S/c1-7-20(22(26)24-17(5)19-12-14(2)8-9-15(19)3)25(29(6,27)28)21-13-18(23)11-10-16(21)4/h8-13,17,20H,7H2,1-6H3,(H,24,26). The molecule has 0 aliphatic carbocycles. The van der Waals surface area contributed by atoms with Crippen LogP contribution in [0.3, 0.4) is 0 Å². The summed E-state index contributed by atoms with van der Waals surface area (Å²) >= 11 is 6.11. The Bertz CT molecular complexity index is 1010. The molecule has 0 heterocycles. The van der Waals surface area contributed by atoms with E-state index in [2.05, 4.69) is 5.32 Å². The first-order chi connectivity index (χ1) is 13.5. The van der Waals surface area contributed by atoms with Crippen molar-refractivity contribution >= 4 is 33.2 Å². The number of amides is 1. The Morgan fingerprint density at radius 1 is 1.10 bits per heavy atom. The number of nitrogens with zero attached hydrogens (tertiary/aromatic N) is 1. The van der Waals surface area contributed by atoms with Gasteiger partial charge in [0, 0.05) is 5.02 Å². The molecule has 158 valence electrons. The average Bonchev–Trinajstić information content (AvgIpc) is 2.62. The maximum absolute atomic E-state index is 13.2. The molecule has 29 heavy (non-hydrogen) atoms. The van der Waals surface area contributed by atoms with E-state index in [1.54, 1.807) is 32.0 Å². The van der Waals surface area contributed by atoms with Gasteiger partial charge in [0.1, 0.15) is 6.04 Å². The van der Waals surface area contributed by atoms with Crippen molar-refractivity contribution in [1.29, 1.82) is 0 Å². The highest BCUT2D eigenvalue weighted by atomic mass is 35.5. The molecule has 0 aromatic heterocycles. The summed E-state index contributed by atoms with van der Waals surface area (Å²) in [7, 11) is -3.72. The molecule has 0 saturated heterocycles. The third kappa shape index (κ3) is 5.52. The number of benzene rings is 2. The maximum Gasteiger partial charge on any atom is 0.244 e. The monoisotopic (exact) mass is 436 g/mol. The van der Waals surface area contributed by atoms with E-state index in [0.717, 1.165) is 28.5 Å². The molecule has 0 saturated carbocycles. The number of nitrogens with one attached hydrogen (secondary N) is 1. The van der Waals surface area contributed by atoms with Gasteiger partial charge in [-0.15, -0.1) is 0 Å². The fraction of sp³-hybridized carbons (Fsp3) is 0.409. The van der Waals surface area contributed by atoms with Crippen LogP contribution in [0.25, 0.3) is 0 Å². The zero-order valence-corrected chi connectivity index (χ0v) is 19.4. The number of rotatable bonds is 7. The first kappa shape index (κ1) is 23.2. The quantitative estimate of drug-likeness (QED) is 0.684. The summed E-state index contributed by atoms with van der Waals surface area (Å²) in [5.74, 6) is -0.342. The normalized spacial score (nSPS) is 13.6. The van der Waals surface area contributed by atoms with Crippen LogP contribution in [0.5, 0.6) is 0 Å². The molecule has 1 N–H and O–H groups in total. The van der Waals surface area contributed by atoms with Crippen LogP contribution in [0.1, 0.15) is 48.6 Å². The molecule has 0 aliphatic rings. The molecule has 0 radical (unpaired) electrons. The predicted molar refractivity (Wildman–Crippen MR) is 120 cm³/mol. The summed E-state index contributed by atoms with van der Waals surface area (Å²) in [6.45, 7) is 9.49. The zero-order valence-electron chi connectivity index (χ0n) is 17.8. The lowest BCUT2D eigenvalue weighted by molar-refractivity contribution is -0.122. The van der Waals surface area contributed by atoms with E-state index in [1.165, 1.54) is 4.31 Å². The Balaban J connectivity index is 2.41. The second-order valence-corrected chi connectivity index (χ2v) is 9.80. The van der Waals surface area contributed by atoms with Crippen LogP contribution < -0.4 is 9.62 Å². The fourth-order valence-corrected chi connectivity index (χ4v) is 4.90. The third-order valence-corrected chi connectivity index (χ3v) is 6.40. The van der Waals surface area contributed by atoms with Gasteiger partial charge < -0.3 is 5.32 Å². The number of carbonyl (C=O) groups is 1. The summed E-state index contributed by atoms with van der Waals surface area (Å²) in [4.78, 5) is 13.2. The van der Waals surface area contributed by atoms with Crippen LogP contribution in [0, 0.1) is 20.8 Å². The van der Waals surface area contributed by atoms with E-state index in [9.17, 15) is 13.2 Å². The van der Waals surface area contributed by atoms with Crippen LogP contribution in [-0.4, -0.2) is 26.6 Å². The SMILES string of the molecule is CCC(C(=O)NC(C)c1cc(C)ccc1C)N(c1cc(Cl)ccc1C)S(C)(=O)=O. The van der Waals surface area contributed by atoms with Crippen molar-refractivity contribution in [1.82, 2.24) is 5.32 Å². The molecule has 1 amide bonds. The molecular weight excluding hydrogens is 408 g/mol. The van der Waals surface area contributed by atoms with E-state index < -0.39 is 16.1 Å². The topological polar surface area (TPSA) is 66.5 Å². The van der Waals surface area contributed by atoms with Gasteiger partial charge >= 0.3 is 0 Å². The molecule has 0 fully saturated rings. The van der Waals surface area contributed by atoms with Gasteiger partial charge in [-0.25, -0.2) is 8.42 Å². The summed E-state index contributed by atoms with van der Waals surface area (Å²) in [6.07, 6.45) is 1.43. The highest BCUT2D eigenvalue weighted by Crippen LogP contribution is 2.29. The molecule has 2 unspecified atom stereocenters. The molecule has 5 nitrogen and oxygen atoms in total. The smallest absolute Gasteiger partial charge is 0.244 e. The molecule has 7 heteroatoms. The predicted octanol–water partition coefficient (Wildman–Crippen LogP) is 4.69. The number of anilines is 1. The highest BCUT2D eigenvalue weighted by molar-refractivity contribution is 7.92. The first-order valence-electron chi connectivity index (χ1n) is 9.58. The number of aryl methyl sites for hydroxylation is 3. The Labute approximate surface area is 179 Å². The Morgan fingerprint density at radius 3 is 2.31 bits per heavy atom. The molecule has 2 aromatic rings. The molecule has 2 aromatic carbocycles. The Morgan fingerprint density at radius 2 is 1.72 bits per heavy atom. The highest BCUT2D eigenvalue weighted by Gasteiger charge is 2.33. The average molecular weight is 437 g/mol. The van der Waals surface area contributed by atoms with Crippen LogP contribution in [-0.2, 0) is 14.8 Å². The number of hydrogen-bond donors (Lipinski definition) is 1. The lowest BCUT2D eigenvalue weighted by Crippen LogP contribution is -2.50. The minimum Gasteiger partial charge on any atom is -0.348 e. The molecule has 0 spiro atoms. The number of halogens is 1. The van der Waals surface area contributed by atoms with Gasteiger partial charge in [-0.3, -0.25) is 9.10 Å². The van der Waals surface area contributed by atoms with Gasteiger partial charge in [0.2, 0.25) is 15.9 Å². The Hall–Kier alpha value is -2.05. The maximum atomic E-state index is 13.2. The van der Waals surface area contributed by atoms with Crippen molar-refractivity contribution < 1.29 is 13.2 Å². The van der Waals surface area contributed by atoms with Crippen molar-refractivity contribution in [3.63, 3.8) is 0 Å². The summed E-state index contributed by atoms with van der Waals surface area (Å²) in [6, 6.07) is 9.98. The largest absolute Gasteiger partial charge is 0.348 e. The van der Waals surface area contributed by atoms with E-state index in [4.69, 9.17) is 11.6 Å². The number of sulfonamides is 1. The fourth-order valence-electron chi connectivity index (χ4n) is 3.47. The van der Waals surface area contributed by atoms with Gasteiger partial charge in [-0.2, -0.15) is 0 Å². The van der Waals surface area contributed by atoms with Crippen LogP contribution >= 0.6 is 11.6 Å². The minimum absolute atomic E-state index is 0.252. The van der Waals surface area contributed by atoms with E-state index in [-0.39, 0.29) is 11.9 Å². The molecule has 2 atom stereocenters. The molecule has 0 bridgehead atoms. The summed E-state index contributed by atoms with van der Waals surface area (Å²) in [5, 5.41) is 3.41. The summed E-state index contributed by atoms with van der Waals surface area (Å²) in [5.41, 5.74) is 4.33. The van der Waals surface area contributed by atoms with E-state index >= 15 is 0 Å². The number of carbonyl (C=O) groups excluding carboxylic acids is 1.